The van der Waals surface area contributed by atoms with Crippen molar-refractivity contribution in [3.63, 3.8) is 0 Å². The minimum absolute atomic E-state index is 0.609. The van der Waals surface area contributed by atoms with E-state index in [4.69, 9.17) is 4.74 Å². The summed E-state index contributed by atoms with van der Waals surface area (Å²) >= 11 is 0. The molecule has 0 fully saturated rings. The maximum atomic E-state index is 6.72. The van der Waals surface area contributed by atoms with Gasteiger partial charge in [0.25, 0.3) is 0 Å². The summed E-state index contributed by atoms with van der Waals surface area (Å²) in [6.07, 6.45) is 0. The molecule has 0 N–H and O–H groups in total. The highest BCUT2D eigenvalue weighted by Gasteiger charge is 2.52. The largest absolute Gasteiger partial charge is 0.457 e. The molecule has 262 valence electrons. The molecule has 1 spiro atoms. The first-order valence-corrected chi connectivity index (χ1v) is 19.3. The van der Waals surface area contributed by atoms with E-state index < -0.39 is 5.41 Å². The lowest BCUT2D eigenvalue weighted by Gasteiger charge is -2.40. The molecule has 56 heavy (non-hydrogen) atoms. The van der Waals surface area contributed by atoms with Gasteiger partial charge in [-0.1, -0.05) is 133 Å². The predicted octanol–water partition coefficient (Wildman–Crippen LogP) is 13.9. The zero-order valence-corrected chi connectivity index (χ0v) is 30.4. The van der Waals surface area contributed by atoms with Crippen molar-refractivity contribution in [1.82, 2.24) is 4.57 Å². The summed E-state index contributed by atoms with van der Waals surface area (Å²) < 4.78 is 9.10. The van der Waals surface area contributed by atoms with Crippen molar-refractivity contribution in [3.8, 4) is 28.3 Å². The number of ether oxygens (including phenoxy) is 1. The average Bonchev–Trinajstić information content (AvgIpc) is 3.75. The molecule has 3 nitrogen and oxygen atoms in total. The molecule has 2 aliphatic rings. The summed E-state index contributed by atoms with van der Waals surface area (Å²) in [7, 11) is 0. The number of hydrogen-bond donors (Lipinski definition) is 0. The van der Waals surface area contributed by atoms with Crippen LogP contribution < -0.4 is 9.64 Å². The number of para-hydroxylation sites is 5. The van der Waals surface area contributed by atoms with Gasteiger partial charge in [0.1, 0.15) is 11.5 Å². The third kappa shape index (κ3) is 4.22. The van der Waals surface area contributed by atoms with Crippen molar-refractivity contribution in [2.45, 2.75) is 5.41 Å². The Hall–Kier alpha value is -7.36. The quantitative estimate of drug-likeness (QED) is 0.181. The fourth-order valence-electron chi connectivity index (χ4n) is 9.78. The molecule has 0 saturated carbocycles. The van der Waals surface area contributed by atoms with Gasteiger partial charge in [0, 0.05) is 44.6 Å². The highest BCUT2D eigenvalue weighted by molar-refractivity contribution is 6.11. The number of rotatable bonds is 4. The maximum Gasteiger partial charge on any atom is 0.132 e. The lowest BCUT2D eigenvalue weighted by Crippen LogP contribution is -2.32. The molecule has 12 rings (SSSR count). The lowest BCUT2D eigenvalue weighted by molar-refractivity contribution is 0.437. The summed E-state index contributed by atoms with van der Waals surface area (Å²) in [6.45, 7) is 0. The molecule has 0 atom stereocenters. The van der Waals surface area contributed by atoms with Crippen LogP contribution in [0.15, 0.2) is 206 Å². The second-order valence-corrected chi connectivity index (χ2v) is 14.8. The standard InChI is InChI=1S/C53H34N2O/c1-3-16-36(17-4-1)54(38-29-32-49-44(33-38)42-21-9-12-24-48(42)55(49)37-18-5-2-6-19-37)39-28-31-41-43-30-27-35-15-7-8-20-40(35)52(43)53(47(41)34-39)45-22-10-13-25-50(45)56-51-26-14-11-23-46(51)53/h1-34H. The first-order chi connectivity index (χ1) is 27.8. The molecule has 2 heterocycles. The fourth-order valence-corrected chi connectivity index (χ4v) is 9.78. The highest BCUT2D eigenvalue weighted by atomic mass is 16.5. The molecule has 1 aromatic heterocycles. The minimum atomic E-state index is -0.609. The number of fused-ring (bicyclic) bond motifs is 14. The Morgan fingerprint density at radius 3 is 1.77 bits per heavy atom. The summed E-state index contributed by atoms with van der Waals surface area (Å²) in [5.41, 5.74) is 13.6. The first-order valence-electron chi connectivity index (χ1n) is 19.3. The molecule has 1 aliphatic heterocycles. The molecule has 9 aromatic carbocycles. The van der Waals surface area contributed by atoms with E-state index in [9.17, 15) is 0 Å². The monoisotopic (exact) mass is 714 g/mol. The number of anilines is 3. The van der Waals surface area contributed by atoms with Crippen molar-refractivity contribution in [1.29, 1.82) is 0 Å². The zero-order valence-electron chi connectivity index (χ0n) is 30.4. The normalized spacial score (nSPS) is 13.3. The Balaban J connectivity index is 1.15. The van der Waals surface area contributed by atoms with Crippen molar-refractivity contribution >= 4 is 49.6 Å². The lowest BCUT2D eigenvalue weighted by atomic mass is 9.65. The second-order valence-electron chi connectivity index (χ2n) is 14.8. The van der Waals surface area contributed by atoms with Gasteiger partial charge in [-0.05, 0) is 106 Å². The number of nitrogens with zero attached hydrogens (tertiary/aromatic N) is 2. The molecule has 0 saturated heterocycles. The summed E-state index contributed by atoms with van der Waals surface area (Å²) in [6, 6.07) is 74.9. The molecule has 0 amide bonds. The third-order valence-corrected chi connectivity index (χ3v) is 12.0. The van der Waals surface area contributed by atoms with Crippen LogP contribution in [-0.4, -0.2) is 4.57 Å². The molecule has 0 radical (unpaired) electrons. The summed E-state index contributed by atoms with van der Waals surface area (Å²) in [5.74, 6) is 1.78. The maximum absolute atomic E-state index is 6.72. The van der Waals surface area contributed by atoms with Gasteiger partial charge in [0.15, 0.2) is 0 Å². The Bertz CT molecular complexity index is 3130. The minimum Gasteiger partial charge on any atom is -0.457 e. The van der Waals surface area contributed by atoms with Crippen LogP contribution in [0, 0.1) is 0 Å². The van der Waals surface area contributed by atoms with Gasteiger partial charge in [-0.25, -0.2) is 0 Å². The SMILES string of the molecule is c1ccc(N(c2ccc3c(c2)C2(c4ccccc4Oc4ccccc42)c2c-3ccc3ccccc23)c2ccc3c(c2)c2ccccc2n3-c2ccccc2)cc1. The van der Waals surface area contributed by atoms with Gasteiger partial charge in [-0.2, -0.15) is 0 Å². The van der Waals surface area contributed by atoms with E-state index in [0.717, 1.165) is 45.4 Å². The van der Waals surface area contributed by atoms with E-state index in [1.807, 2.05) is 0 Å². The fraction of sp³-hybridized carbons (Fsp3) is 0.0189. The Labute approximate surface area is 324 Å². The van der Waals surface area contributed by atoms with Gasteiger partial charge in [-0.15, -0.1) is 0 Å². The van der Waals surface area contributed by atoms with Crippen molar-refractivity contribution in [3.05, 3.63) is 229 Å². The first kappa shape index (κ1) is 31.0. The predicted molar refractivity (Wildman–Crippen MR) is 230 cm³/mol. The summed E-state index contributed by atoms with van der Waals surface area (Å²) in [4.78, 5) is 2.42. The highest BCUT2D eigenvalue weighted by Crippen LogP contribution is 2.64. The van der Waals surface area contributed by atoms with E-state index in [1.165, 1.54) is 54.8 Å². The molecule has 0 unspecified atom stereocenters. The number of aromatic nitrogens is 1. The number of hydrogen-bond acceptors (Lipinski definition) is 2. The van der Waals surface area contributed by atoms with Crippen LogP contribution in [0.25, 0.3) is 49.4 Å². The molecule has 1 aliphatic carbocycles. The van der Waals surface area contributed by atoms with Gasteiger partial charge >= 0.3 is 0 Å². The van der Waals surface area contributed by atoms with Crippen molar-refractivity contribution in [2.24, 2.45) is 0 Å². The van der Waals surface area contributed by atoms with E-state index in [0.29, 0.717) is 0 Å². The van der Waals surface area contributed by atoms with Crippen LogP contribution >= 0.6 is 0 Å². The van der Waals surface area contributed by atoms with Gasteiger partial charge in [0.05, 0.1) is 16.4 Å². The van der Waals surface area contributed by atoms with Gasteiger partial charge in [0.2, 0.25) is 0 Å². The molecule has 3 heteroatoms. The third-order valence-electron chi connectivity index (χ3n) is 12.0. The van der Waals surface area contributed by atoms with Crippen LogP contribution in [0.4, 0.5) is 17.1 Å². The zero-order chi connectivity index (χ0) is 36.8. The second kappa shape index (κ2) is 11.8. The van der Waals surface area contributed by atoms with Gasteiger partial charge < -0.3 is 14.2 Å². The van der Waals surface area contributed by atoms with E-state index in [1.54, 1.807) is 0 Å². The Kier molecular flexibility index (Phi) is 6.55. The van der Waals surface area contributed by atoms with Crippen LogP contribution in [0.2, 0.25) is 0 Å². The number of benzene rings is 9. The van der Waals surface area contributed by atoms with E-state index >= 15 is 0 Å². The topological polar surface area (TPSA) is 17.4 Å². The van der Waals surface area contributed by atoms with E-state index in [-0.39, 0.29) is 0 Å². The van der Waals surface area contributed by atoms with Crippen molar-refractivity contribution < 1.29 is 4.74 Å². The Morgan fingerprint density at radius 1 is 0.393 bits per heavy atom. The summed E-state index contributed by atoms with van der Waals surface area (Å²) in [5, 5.41) is 4.93. The van der Waals surface area contributed by atoms with Crippen molar-refractivity contribution in [2.75, 3.05) is 4.90 Å². The van der Waals surface area contributed by atoms with E-state index in [2.05, 4.69) is 216 Å². The molecule has 10 aromatic rings. The van der Waals surface area contributed by atoms with Crippen LogP contribution in [0.3, 0.4) is 0 Å². The molecular weight excluding hydrogens is 681 g/mol. The van der Waals surface area contributed by atoms with Crippen LogP contribution in [0.5, 0.6) is 11.5 Å². The molecular formula is C53H34N2O. The molecule has 0 bridgehead atoms. The van der Waals surface area contributed by atoms with Crippen LogP contribution in [-0.2, 0) is 5.41 Å². The average molecular weight is 715 g/mol. The van der Waals surface area contributed by atoms with Gasteiger partial charge in [-0.3, -0.25) is 0 Å². The smallest absolute Gasteiger partial charge is 0.132 e. The van der Waals surface area contributed by atoms with Crippen LogP contribution in [0.1, 0.15) is 22.3 Å². The Morgan fingerprint density at radius 2 is 0.982 bits per heavy atom.